The number of hydrogen-bond donors (Lipinski definition) is 1. The third-order valence-electron chi connectivity index (χ3n) is 4.85. The van der Waals surface area contributed by atoms with Gasteiger partial charge >= 0.3 is 6.09 Å². The summed E-state index contributed by atoms with van der Waals surface area (Å²) in [6.07, 6.45) is -0.709. The van der Waals surface area contributed by atoms with Crippen LogP contribution in [0.15, 0.2) is 66.0 Å². The minimum absolute atomic E-state index is 0.0996. The summed E-state index contributed by atoms with van der Waals surface area (Å²) < 4.78 is 16.6. The van der Waals surface area contributed by atoms with Gasteiger partial charge in [-0.3, -0.25) is 4.79 Å². The highest BCUT2D eigenvalue weighted by molar-refractivity contribution is 7.12. The van der Waals surface area contributed by atoms with Crippen molar-refractivity contribution in [2.24, 2.45) is 0 Å². The zero-order chi connectivity index (χ0) is 24.3. The Morgan fingerprint density at radius 3 is 2.47 bits per heavy atom. The maximum Gasteiger partial charge on any atom is 0.407 e. The fourth-order valence-corrected chi connectivity index (χ4v) is 3.93. The summed E-state index contributed by atoms with van der Waals surface area (Å²) in [6.45, 7) is 4.96. The van der Waals surface area contributed by atoms with Gasteiger partial charge in [0, 0.05) is 19.6 Å². The summed E-state index contributed by atoms with van der Waals surface area (Å²) in [7, 11) is 1.59. The number of amides is 2. The van der Waals surface area contributed by atoms with Gasteiger partial charge in [-0.1, -0.05) is 42.5 Å². The van der Waals surface area contributed by atoms with Crippen LogP contribution in [0.3, 0.4) is 0 Å². The van der Waals surface area contributed by atoms with Crippen LogP contribution < -0.4 is 14.8 Å². The van der Waals surface area contributed by atoms with Crippen LogP contribution in [-0.4, -0.2) is 43.2 Å². The molecule has 0 aliphatic rings. The number of nitrogens with zero attached hydrogens (tertiary/aromatic N) is 1. The number of ether oxygens (including phenoxy) is 3. The predicted molar refractivity (Wildman–Crippen MR) is 132 cm³/mol. The molecule has 1 N–H and O–H groups in total. The summed E-state index contributed by atoms with van der Waals surface area (Å²) in [5.74, 6) is 1.12. The van der Waals surface area contributed by atoms with Gasteiger partial charge in [0.15, 0.2) is 11.5 Å². The van der Waals surface area contributed by atoms with Gasteiger partial charge in [-0.05, 0) is 48.6 Å². The molecule has 0 bridgehead atoms. The minimum Gasteiger partial charge on any atom is -0.493 e. The van der Waals surface area contributed by atoms with E-state index in [9.17, 15) is 9.59 Å². The van der Waals surface area contributed by atoms with E-state index in [-0.39, 0.29) is 18.6 Å². The van der Waals surface area contributed by atoms with Gasteiger partial charge in [-0.15, -0.1) is 11.3 Å². The molecule has 0 atom stereocenters. The van der Waals surface area contributed by atoms with Crippen LogP contribution >= 0.6 is 11.3 Å². The number of carbonyl (C=O) groups excluding carboxylic acids is 2. The molecule has 0 spiro atoms. The summed E-state index contributed by atoms with van der Waals surface area (Å²) >= 11 is 1.38. The molecular weight excluding hydrogens is 452 g/mol. The van der Waals surface area contributed by atoms with Crippen LogP contribution in [0.2, 0.25) is 0 Å². The molecule has 0 saturated heterocycles. The first-order valence-electron chi connectivity index (χ1n) is 11.1. The van der Waals surface area contributed by atoms with E-state index < -0.39 is 6.09 Å². The molecule has 1 aromatic heterocycles. The topological polar surface area (TPSA) is 77.1 Å². The number of hydrogen-bond acceptors (Lipinski definition) is 6. The lowest BCUT2D eigenvalue weighted by Gasteiger charge is -2.23. The lowest BCUT2D eigenvalue weighted by Crippen LogP contribution is -2.38. The molecule has 34 heavy (non-hydrogen) atoms. The molecule has 0 fully saturated rings. The quantitative estimate of drug-likeness (QED) is 0.411. The number of carbonyl (C=O) groups is 2. The maximum atomic E-state index is 13.1. The van der Waals surface area contributed by atoms with Crippen molar-refractivity contribution in [2.45, 2.75) is 33.1 Å². The largest absolute Gasteiger partial charge is 0.493 e. The highest BCUT2D eigenvalue weighted by Crippen LogP contribution is 2.29. The maximum absolute atomic E-state index is 13.1. The Balaban J connectivity index is 1.68. The Hall–Kier alpha value is -3.52. The van der Waals surface area contributed by atoms with E-state index in [0.717, 1.165) is 11.1 Å². The van der Waals surface area contributed by atoms with Crippen LogP contribution in [0, 0.1) is 0 Å². The number of nitrogens with one attached hydrogen (secondary N) is 1. The molecule has 2 amide bonds. The fraction of sp³-hybridized carbons (Fsp3) is 0.308. The van der Waals surface area contributed by atoms with Crippen LogP contribution in [0.25, 0.3) is 0 Å². The van der Waals surface area contributed by atoms with Crippen molar-refractivity contribution in [3.63, 3.8) is 0 Å². The first kappa shape index (κ1) is 25.1. The zero-order valence-electron chi connectivity index (χ0n) is 19.7. The van der Waals surface area contributed by atoms with Crippen molar-refractivity contribution in [3.8, 4) is 11.5 Å². The second kappa shape index (κ2) is 12.6. The Labute approximate surface area is 204 Å². The van der Waals surface area contributed by atoms with Gasteiger partial charge in [0.25, 0.3) is 5.91 Å². The van der Waals surface area contributed by atoms with Crippen LogP contribution in [-0.2, 0) is 17.9 Å². The summed E-state index contributed by atoms with van der Waals surface area (Å²) in [6, 6.07) is 19.2. The normalized spacial score (nSPS) is 10.6. The zero-order valence-corrected chi connectivity index (χ0v) is 20.5. The molecule has 0 aliphatic carbocycles. The summed E-state index contributed by atoms with van der Waals surface area (Å²) in [5.41, 5.74) is 1.95. The Morgan fingerprint density at radius 1 is 1.00 bits per heavy atom. The number of thiophene rings is 1. The van der Waals surface area contributed by atoms with Crippen molar-refractivity contribution in [1.82, 2.24) is 10.2 Å². The second-order valence-electron chi connectivity index (χ2n) is 7.84. The van der Waals surface area contributed by atoms with E-state index in [1.807, 2.05) is 60.0 Å². The second-order valence-corrected chi connectivity index (χ2v) is 8.79. The van der Waals surface area contributed by atoms with E-state index in [4.69, 9.17) is 14.2 Å². The molecule has 0 saturated carbocycles. The monoisotopic (exact) mass is 482 g/mol. The van der Waals surface area contributed by atoms with Crippen LogP contribution in [0.5, 0.6) is 11.5 Å². The molecule has 0 radical (unpaired) electrons. The van der Waals surface area contributed by atoms with E-state index in [1.165, 1.54) is 11.3 Å². The van der Waals surface area contributed by atoms with Gasteiger partial charge < -0.3 is 24.4 Å². The fourth-order valence-electron chi connectivity index (χ4n) is 3.24. The molecule has 3 aromatic rings. The molecule has 180 valence electrons. The van der Waals surface area contributed by atoms with Crippen molar-refractivity contribution in [2.75, 3.05) is 20.2 Å². The van der Waals surface area contributed by atoms with E-state index in [2.05, 4.69) is 5.32 Å². The number of benzene rings is 2. The van der Waals surface area contributed by atoms with Crippen LogP contribution in [0.1, 0.15) is 34.6 Å². The Morgan fingerprint density at radius 2 is 1.79 bits per heavy atom. The molecule has 3 rings (SSSR count). The lowest BCUT2D eigenvalue weighted by atomic mass is 10.1. The average Bonchev–Trinajstić information content (AvgIpc) is 3.37. The number of methoxy groups -OCH3 is 1. The smallest absolute Gasteiger partial charge is 0.407 e. The molecule has 8 heteroatoms. The Bertz CT molecular complexity index is 1050. The SMILES string of the molecule is COc1cc(CN(CCNC(=O)OC(C)C)C(=O)c2cccs2)ccc1OCc1ccccc1. The standard InChI is InChI=1S/C26H30N2O5S/c1-19(2)33-26(30)27-13-14-28(25(29)24-10-7-15-34-24)17-21-11-12-22(23(16-21)31-3)32-18-20-8-5-4-6-9-20/h4-12,15-16,19H,13-14,17-18H2,1-3H3,(H,27,30). The summed E-state index contributed by atoms with van der Waals surface area (Å²) in [4.78, 5) is 27.2. The van der Waals surface area contributed by atoms with Crippen molar-refractivity contribution in [1.29, 1.82) is 0 Å². The van der Waals surface area contributed by atoms with Crippen molar-refractivity contribution in [3.05, 3.63) is 82.0 Å². The molecule has 1 heterocycles. The third-order valence-corrected chi connectivity index (χ3v) is 5.71. The third kappa shape index (κ3) is 7.52. The average molecular weight is 483 g/mol. The molecular formula is C26H30N2O5S. The first-order valence-corrected chi connectivity index (χ1v) is 11.9. The van der Waals surface area contributed by atoms with E-state index >= 15 is 0 Å². The lowest BCUT2D eigenvalue weighted by molar-refractivity contribution is 0.0741. The van der Waals surface area contributed by atoms with Crippen LogP contribution in [0.4, 0.5) is 4.79 Å². The van der Waals surface area contributed by atoms with Gasteiger partial charge in [0.1, 0.15) is 6.61 Å². The molecule has 0 unspecified atom stereocenters. The van der Waals surface area contributed by atoms with Gasteiger partial charge in [-0.25, -0.2) is 4.79 Å². The van der Waals surface area contributed by atoms with Crippen molar-refractivity contribution < 1.29 is 23.8 Å². The van der Waals surface area contributed by atoms with E-state index in [0.29, 0.717) is 36.1 Å². The molecule has 0 aliphatic heterocycles. The minimum atomic E-state index is -0.500. The highest BCUT2D eigenvalue weighted by Gasteiger charge is 2.18. The van der Waals surface area contributed by atoms with Crippen molar-refractivity contribution >= 4 is 23.3 Å². The first-order chi connectivity index (χ1) is 16.5. The van der Waals surface area contributed by atoms with E-state index in [1.54, 1.807) is 31.9 Å². The van der Waals surface area contributed by atoms with Gasteiger partial charge in [-0.2, -0.15) is 0 Å². The highest BCUT2D eigenvalue weighted by atomic mass is 32.1. The van der Waals surface area contributed by atoms with Gasteiger partial charge in [0.05, 0.1) is 18.1 Å². The number of alkyl carbamates (subject to hydrolysis) is 1. The van der Waals surface area contributed by atoms with Gasteiger partial charge in [0.2, 0.25) is 0 Å². The summed E-state index contributed by atoms with van der Waals surface area (Å²) in [5, 5.41) is 4.56. The number of rotatable bonds is 11. The molecule has 2 aromatic carbocycles. The predicted octanol–water partition coefficient (Wildman–Crippen LogP) is 5.11. The molecule has 7 nitrogen and oxygen atoms in total. The Kier molecular flexibility index (Phi) is 9.34.